The molecule has 4 aliphatic rings. The van der Waals surface area contributed by atoms with E-state index in [1.807, 2.05) is 0 Å². The van der Waals surface area contributed by atoms with Crippen molar-refractivity contribution in [1.82, 2.24) is 10.2 Å². The predicted octanol–water partition coefficient (Wildman–Crippen LogP) is 2.60. The van der Waals surface area contributed by atoms with Crippen molar-refractivity contribution >= 4 is 5.91 Å². The highest BCUT2D eigenvalue weighted by atomic mass is 16.6. The fourth-order valence-electron chi connectivity index (χ4n) is 4.53. The van der Waals surface area contributed by atoms with Gasteiger partial charge in [0.05, 0.1) is 11.6 Å². The Morgan fingerprint density at radius 1 is 1.16 bits per heavy atom. The van der Waals surface area contributed by atoms with Crippen molar-refractivity contribution in [1.29, 1.82) is 5.26 Å². The summed E-state index contributed by atoms with van der Waals surface area (Å²) in [5.41, 5.74) is 1.16. The smallest absolute Gasteiger partial charge is 0.251 e. The number of fused-ring (bicyclic) bond motifs is 4. The predicted molar refractivity (Wildman–Crippen MR) is 113 cm³/mol. The molecule has 160 valence electrons. The Kier molecular flexibility index (Phi) is 5.39. The number of hydrogen-bond donors (Lipinski definition) is 1. The largest absolute Gasteiger partial charge is 0.490 e. The SMILES string of the molecule is N#Cc1ccc(OC[C@@H]2COc3ccc(C(=O)N[C@H]4CN5CCC4CC5)cc3O2)cc1. The van der Waals surface area contributed by atoms with E-state index in [9.17, 15) is 4.79 Å². The second kappa shape index (κ2) is 8.48. The average Bonchev–Trinajstić information content (AvgIpc) is 2.83. The first-order chi connectivity index (χ1) is 15.2. The number of carbonyl (C=O) groups excluding carboxylic acids is 1. The van der Waals surface area contributed by atoms with Gasteiger partial charge in [-0.05, 0) is 74.3 Å². The van der Waals surface area contributed by atoms with E-state index in [0.717, 1.165) is 32.5 Å². The van der Waals surface area contributed by atoms with E-state index in [1.54, 1.807) is 42.5 Å². The third-order valence-electron chi connectivity index (χ3n) is 6.32. The Labute approximate surface area is 181 Å². The highest BCUT2D eigenvalue weighted by Crippen LogP contribution is 2.33. The first-order valence-corrected chi connectivity index (χ1v) is 10.8. The lowest BCUT2D eigenvalue weighted by Crippen LogP contribution is -2.57. The van der Waals surface area contributed by atoms with Gasteiger partial charge < -0.3 is 24.4 Å². The molecule has 7 heteroatoms. The molecule has 4 heterocycles. The minimum absolute atomic E-state index is 0.0684. The summed E-state index contributed by atoms with van der Waals surface area (Å²) in [6, 6.07) is 14.6. The zero-order chi connectivity index (χ0) is 21.2. The number of benzene rings is 2. The van der Waals surface area contributed by atoms with Crippen molar-refractivity contribution in [2.24, 2.45) is 5.92 Å². The molecule has 7 nitrogen and oxygen atoms in total. The van der Waals surface area contributed by atoms with Crippen molar-refractivity contribution < 1.29 is 19.0 Å². The summed E-state index contributed by atoms with van der Waals surface area (Å²) in [5, 5.41) is 12.1. The normalized spacial score (nSPS) is 26.0. The second-order valence-electron chi connectivity index (χ2n) is 8.38. The molecule has 31 heavy (non-hydrogen) atoms. The van der Waals surface area contributed by atoms with E-state index in [-0.39, 0.29) is 18.1 Å². The fourth-order valence-corrected chi connectivity index (χ4v) is 4.53. The molecule has 2 atom stereocenters. The van der Waals surface area contributed by atoms with Crippen molar-refractivity contribution in [3.05, 3.63) is 53.6 Å². The van der Waals surface area contributed by atoms with Crippen LogP contribution in [0.15, 0.2) is 42.5 Å². The Hall–Kier alpha value is -3.24. The molecule has 3 fully saturated rings. The molecule has 2 aromatic carbocycles. The summed E-state index contributed by atoms with van der Waals surface area (Å²) in [6.07, 6.45) is 2.03. The molecule has 0 unspecified atom stereocenters. The monoisotopic (exact) mass is 419 g/mol. The first kappa shape index (κ1) is 19.7. The van der Waals surface area contributed by atoms with Crippen LogP contribution in [-0.2, 0) is 0 Å². The number of ether oxygens (including phenoxy) is 3. The zero-order valence-corrected chi connectivity index (χ0v) is 17.3. The van der Waals surface area contributed by atoms with E-state index < -0.39 is 0 Å². The highest BCUT2D eigenvalue weighted by molar-refractivity contribution is 5.95. The standard InChI is InChI=1S/C24H25N3O4/c25-12-16-1-4-19(5-2-16)29-14-20-15-30-22-6-3-18(11-23(22)31-20)24(28)26-21-13-27-9-7-17(21)8-10-27/h1-6,11,17,20-21H,7-10,13-15H2,(H,26,28)/t20-,21+/m1/s1. The van der Waals surface area contributed by atoms with Gasteiger partial charge in [0.15, 0.2) is 17.6 Å². The van der Waals surface area contributed by atoms with Gasteiger partial charge in [-0.2, -0.15) is 5.26 Å². The van der Waals surface area contributed by atoms with Crippen LogP contribution in [0, 0.1) is 17.2 Å². The molecular weight excluding hydrogens is 394 g/mol. The number of hydrogen-bond acceptors (Lipinski definition) is 6. The lowest BCUT2D eigenvalue weighted by atomic mass is 9.84. The summed E-state index contributed by atoms with van der Waals surface area (Å²) in [6.45, 7) is 3.91. The molecule has 1 amide bonds. The summed E-state index contributed by atoms with van der Waals surface area (Å²) in [7, 11) is 0. The Morgan fingerprint density at radius 2 is 1.97 bits per heavy atom. The van der Waals surface area contributed by atoms with Gasteiger partial charge in [-0.1, -0.05) is 0 Å². The van der Waals surface area contributed by atoms with Crippen LogP contribution in [0.5, 0.6) is 17.2 Å². The fraction of sp³-hybridized carbons (Fsp3) is 0.417. The molecule has 0 aliphatic carbocycles. The third-order valence-corrected chi connectivity index (χ3v) is 6.32. The van der Waals surface area contributed by atoms with E-state index in [4.69, 9.17) is 19.5 Å². The molecule has 0 radical (unpaired) electrons. The summed E-state index contributed by atoms with van der Waals surface area (Å²) < 4.78 is 17.6. The zero-order valence-electron chi connectivity index (χ0n) is 17.3. The highest BCUT2D eigenvalue weighted by Gasteiger charge is 2.35. The number of nitrogens with zero attached hydrogens (tertiary/aromatic N) is 2. The van der Waals surface area contributed by atoms with Gasteiger partial charge in [-0.3, -0.25) is 4.79 Å². The maximum atomic E-state index is 12.8. The molecule has 6 rings (SSSR count). The Bertz CT molecular complexity index is 993. The lowest BCUT2D eigenvalue weighted by Gasteiger charge is -2.44. The van der Waals surface area contributed by atoms with Crippen LogP contribution < -0.4 is 19.5 Å². The van der Waals surface area contributed by atoms with E-state index >= 15 is 0 Å². The first-order valence-electron chi connectivity index (χ1n) is 10.8. The van der Waals surface area contributed by atoms with E-state index in [0.29, 0.717) is 47.5 Å². The number of nitrogens with one attached hydrogen (secondary N) is 1. The van der Waals surface area contributed by atoms with Crippen molar-refractivity contribution in [3.8, 4) is 23.3 Å². The Balaban J connectivity index is 1.20. The number of nitriles is 1. The maximum Gasteiger partial charge on any atom is 0.251 e. The second-order valence-corrected chi connectivity index (χ2v) is 8.38. The third kappa shape index (κ3) is 4.30. The van der Waals surface area contributed by atoms with Gasteiger partial charge in [0.25, 0.3) is 5.91 Å². The molecule has 2 bridgehead atoms. The van der Waals surface area contributed by atoms with Crippen molar-refractivity contribution in [2.45, 2.75) is 25.0 Å². The summed E-state index contributed by atoms with van der Waals surface area (Å²) in [4.78, 5) is 15.3. The van der Waals surface area contributed by atoms with Crippen molar-refractivity contribution in [3.63, 3.8) is 0 Å². The van der Waals surface area contributed by atoms with Gasteiger partial charge in [0, 0.05) is 18.2 Å². The van der Waals surface area contributed by atoms with Crippen molar-refractivity contribution in [2.75, 3.05) is 32.8 Å². The molecule has 2 aromatic rings. The number of piperidine rings is 3. The van der Waals surface area contributed by atoms with Crippen LogP contribution in [0.2, 0.25) is 0 Å². The molecule has 0 aromatic heterocycles. The topological polar surface area (TPSA) is 83.8 Å². The quantitative estimate of drug-likeness (QED) is 0.802. The van der Waals surface area contributed by atoms with Crippen LogP contribution in [0.3, 0.4) is 0 Å². The van der Waals surface area contributed by atoms with Gasteiger partial charge in [0.1, 0.15) is 19.0 Å². The van der Waals surface area contributed by atoms with Gasteiger partial charge >= 0.3 is 0 Å². The molecule has 3 saturated heterocycles. The van der Waals surface area contributed by atoms with E-state index in [1.165, 1.54) is 0 Å². The molecule has 4 aliphatic heterocycles. The summed E-state index contributed by atoms with van der Waals surface area (Å²) in [5.74, 6) is 2.37. The van der Waals surface area contributed by atoms with Crippen LogP contribution >= 0.6 is 0 Å². The number of amides is 1. The maximum absolute atomic E-state index is 12.8. The molecular formula is C24H25N3O4. The van der Waals surface area contributed by atoms with Gasteiger partial charge in [-0.25, -0.2) is 0 Å². The molecule has 1 N–H and O–H groups in total. The minimum Gasteiger partial charge on any atom is -0.490 e. The molecule has 0 spiro atoms. The minimum atomic E-state index is -0.289. The van der Waals surface area contributed by atoms with Gasteiger partial charge in [0.2, 0.25) is 0 Å². The molecule has 0 saturated carbocycles. The van der Waals surface area contributed by atoms with Crippen LogP contribution in [-0.4, -0.2) is 55.8 Å². The van der Waals surface area contributed by atoms with Gasteiger partial charge in [-0.15, -0.1) is 0 Å². The average molecular weight is 419 g/mol. The number of carbonyl (C=O) groups is 1. The van der Waals surface area contributed by atoms with Crippen LogP contribution in [0.1, 0.15) is 28.8 Å². The lowest BCUT2D eigenvalue weighted by molar-refractivity contribution is 0.0530. The van der Waals surface area contributed by atoms with Crippen LogP contribution in [0.25, 0.3) is 0 Å². The van der Waals surface area contributed by atoms with Crippen LogP contribution in [0.4, 0.5) is 0 Å². The Morgan fingerprint density at radius 3 is 2.68 bits per heavy atom. The number of rotatable bonds is 5. The summed E-state index contributed by atoms with van der Waals surface area (Å²) >= 11 is 0. The van der Waals surface area contributed by atoms with E-state index in [2.05, 4.69) is 16.3 Å².